The van der Waals surface area contributed by atoms with Crippen molar-refractivity contribution in [3.63, 3.8) is 0 Å². The van der Waals surface area contributed by atoms with E-state index in [9.17, 15) is 4.79 Å². The van der Waals surface area contributed by atoms with E-state index >= 15 is 0 Å². The van der Waals surface area contributed by atoms with E-state index in [1.54, 1.807) is 30.3 Å². The van der Waals surface area contributed by atoms with Crippen LogP contribution in [0.5, 0.6) is 11.5 Å². The van der Waals surface area contributed by atoms with Gasteiger partial charge in [0, 0.05) is 5.02 Å². The molecule has 3 aromatic carbocycles. The van der Waals surface area contributed by atoms with Crippen LogP contribution in [0.25, 0.3) is 6.08 Å². The first-order chi connectivity index (χ1) is 15.9. The number of ether oxygens (including phenoxy) is 3. The summed E-state index contributed by atoms with van der Waals surface area (Å²) in [5.41, 5.74) is 3.63. The van der Waals surface area contributed by atoms with Gasteiger partial charge in [-0.05, 0) is 66.9 Å². The Bertz CT molecular complexity index is 1270. The third-order valence-corrected chi connectivity index (χ3v) is 5.55. The van der Waals surface area contributed by atoms with Crippen molar-refractivity contribution in [2.45, 2.75) is 20.5 Å². The zero-order valence-corrected chi connectivity index (χ0v) is 19.6. The topological polar surface area (TPSA) is 57.1 Å². The number of carbonyl (C=O) groups excluding carboxylic acids is 1. The van der Waals surface area contributed by atoms with Gasteiger partial charge in [0.05, 0.1) is 17.2 Å². The lowest BCUT2D eigenvalue weighted by atomic mass is 10.1. The van der Waals surface area contributed by atoms with Gasteiger partial charge in [-0.3, -0.25) is 0 Å². The van der Waals surface area contributed by atoms with Crippen LogP contribution >= 0.6 is 23.2 Å². The average Bonchev–Trinajstić information content (AvgIpc) is 3.14. The Balaban J connectivity index is 1.58. The number of aryl methyl sites for hydroxylation is 1. The van der Waals surface area contributed by atoms with E-state index in [4.69, 9.17) is 37.4 Å². The molecule has 0 N–H and O–H groups in total. The molecule has 4 rings (SSSR count). The number of aliphatic imine (C=N–C) groups is 1. The molecule has 168 valence electrons. The number of nitrogens with zero attached hydrogens (tertiary/aromatic N) is 1. The fourth-order valence-electron chi connectivity index (χ4n) is 3.27. The fraction of sp³-hybridized carbons (Fsp3) is 0.154. The molecule has 1 heterocycles. The van der Waals surface area contributed by atoms with Gasteiger partial charge in [-0.25, -0.2) is 9.79 Å². The molecule has 0 unspecified atom stereocenters. The number of carbonyl (C=O) groups is 1. The van der Waals surface area contributed by atoms with Gasteiger partial charge in [-0.1, -0.05) is 53.5 Å². The van der Waals surface area contributed by atoms with E-state index in [0.29, 0.717) is 40.3 Å². The Morgan fingerprint density at radius 2 is 1.82 bits per heavy atom. The van der Waals surface area contributed by atoms with E-state index in [0.717, 1.165) is 16.7 Å². The minimum atomic E-state index is -0.561. The first-order valence-electron chi connectivity index (χ1n) is 10.4. The lowest BCUT2D eigenvalue weighted by Gasteiger charge is -2.13. The summed E-state index contributed by atoms with van der Waals surface area (Å²) in [6.07, 6.45) is 1.63. The van der Waals surface area contributed by atoms with Gasteiger partial charge < -0.3 is 14.2 Å². The SMILES string of the molecule is CCOc1cc(/C=C2/N=C(c3ccc(Cl)cc3Cl)OC2=O)ccc1OCc1ccccc1C. The molecule has 1 aliphatic rings. The highest BCUT2D eigenvalue weighted by Crippen LogP contribution is 2.32. The molecule has 0 fully saturated rings. The summed E-state index contributed by atoms with van der Waals surface area (Å²) in [5.74, 6) is 0.773. The number of hydrogen-bond acceptors (Lipinski definition) is 5. The molecule has 0 saturated carbocycles. The molecule has 0 amide bonds. The number of rotatable bonds is 7. The Morgan fingerprint density at radius 1 is 1.00 bits per heavy atom. The van der Waals surface area contributed by atoms with Crippen LogP contribution in [0.4, 0.5) is 0 Å². The van der Waals surface area contributed by atoms with Crippen molar-refractivity contribution in [3.8, 4) is 11.5 Å². The fourth-order valence-corrected chi connectivity index (χ4v) is 3.76. The highest BCUT2D eigenvalue weighted by molar-refractivity contribution is 6.37. The standard InChI is InChI=1S/C26H21Cl2NO4/c1-3-31-24-13-17(8-11-23(24)32-15-18-7-5-4-6-16(18)2)12-22-26(30)33-25(29-22)20-10-9-19(27)14-21(20)28/h4-14H,3,15H2,1-2H3/b22-12+. The minimum Gasteiger partial charge on any atom is -0.490 e. The lowest BCUT2D eigenvalue weighted by molar-refractivity contribution is -0.129. The van der Waals surface area contributed by atoms with Crippen molar-refractivity contribution in [1.82, 2.24) is 0 Å². The predicted molar refractivity (Wildman–Crippen MR) is 130 cm³/mol. The van der Waals surface area contributed by atoms with Gasteiger partial charge in [0.2, 0.25) is 5.90 Å². The van der Waals surface area contributed by atoms with Crippen molar-refractivity contribution in [2.24, 2.45) is 4.99 Å². The highest BCUT2D eigenvalue weighted by atomic mass is 35.5. The van der Waals surface area contributed by atoms with Crippen molar-refractivity contribution in [3.05, 3.63) is 98.7 Å². The van der Waals surface area contributed by atoms with E-state index in [1.807, 2.05) is 50.2 Å². The largest absolute Gasteiger partial charge is 0.490 e. The second-order valence-corrected chi connectivity index (χ2v) is 8.16. The van der Waals surface area contributed by atoms with E-state index in [-0.39, 0.29) is 11.6 Å². The molecule has 0 aliphatic carbocycles. The molecule has 0 atom stereocenters. The maximum Gasteiger partial charge on any atom is 0.363 e. The van der Waals surface area contributed by atoms with Crippen molar-refractivity contribution >= 4 is 41.1 Å². The summed E-state index contributed by atoms with van der Waals surface area (Å²) in [6, 6.07) is 18.4. The molecule has 0 spiro atoms. The smallest absolute Gasteiger partial charge is 0.363 e. The Labute approximate surface area is 202 Å². The van der Waals surface area contributed by atoms with Gasteiger partial charge in [0.25, 0.3) is 0 Å². The Morgan fingerprint density at radius 3 is 2.58 bits per heavy atom. The van der Waals surface area contributed by atoms with E-state index in [1.165, 1.54) is 0 Å². The number of esters is 1. The second kappa shape index (κ2) is 10.1. The van der Waals surface area contributed by atoms with Crippen LogP contribution < -0.4 is 9.47 Å². The number of cyclic esters (lactones) is 1. The van der Waals surface area contributed by atoms with Crippen LogP contribution in [0.3, 0.4) is 0 Å². The van der Waals surface area contributed by atoms with Crippen LogP contribution in [0.15, 0.2) is 71.4 Å². The molecular formula is C26H21Cl2NO4. The molecule has 5 nitrogen and oxygen atoms in total. The summed E-state index contributed by atoms with van der Waals surface area (Å²) in [6.45, 7) is 4.84. The van der Waals surface area contributed by atoms with Gasteiger partial charge in [-0.15, -0.1) is 0 Å². The number of benzene rings is 3. The van der Waals surface area contributed by atoms with Crippen molar-refractivity contribution < 1.29 is 19.0 Å². The third kappa shape index (κ3) is 5.38. The van der Waals surface area contributed by atoms with Crippen LogP contribution in [-0.4, -0.2) is 18.5 Å². The summed E-state index contributed by atoms with van der Waals surface area (Å²) >= 11 is 12.2. The average molecular weight is 482 g/mol. The molecule has 1 aliphatic heterocycles. The normalized spacial score (nSPS) is 14.2. The molecule has 0 aromatic heterocycles. The molecule has 33 heavy (non-hydrogen) atoms. The summed E-state index contributed by atoms with van der Waals surface area (Å²) < 4.78 is 17.1. The van der Waals surface area contributed by atoms with Gasteiger partial charge in [-0.2, -0.15) is 0 Å². The molecule has 3 aromatic rings. The van der Waals surface area contributed by atoms with Crippen molar-refractivity contribution in [2.75, 3.05) is 6.61 Å². The van der Waals surface area contributed by atoms with Crippen LogP contribution in [0, 0.1) is 6.92 Å². The maximum atomic E-state index is 12.4. The quantitative estimate of drug-likeness (QED) is 0.280. The molecule has 7 heteroatoms. The van der Waals surface area contributed by atoms with E-state index in [2.05, 4.69) is 4.99 Å². The first kappa shape index (κ1) is 22.9. The maximum absolute atomic E-state index is 12.4. The van der Waals surface area contributed by atoms with Gasteiger partial charge in [0.15, 0.2) is 17.2 Å². The molecule has 0 radical (unpaired) electrons. The van der Waals surface area contributed by atoms with Crippen LogP contribution in [-0.2, 0) is 16.1 Å². The molecular weight excluding hydrogens is 461 g/mol. The molecule has 0 bridgehead atoms. The predicted octanol–water partition coefficient (Wildman–Crippen LogP) is 6.62. The number of halogens is 2. The Hall–Kier alpha value is -3.28. The summed E-state index contributed by atoms with van der Waals surface area (Å²) in [7, 11) is 0. The summed E-state index contributed by atoms with van der Waals surface area (Å²) in [5, 5.41) is 0.835. The zero-order chi connectivity index (χ0) is 23.4. The van der Waals surface area contributed by atoms with Crippen LogP contribution in [0.1, 0.15) is 29.2 Å². The zero-order valence-electron chi connectivity index (χ0n) is 18.1. The second-order valence-electron chi connectivity index (χ2n) is 7.31. The summed E-state index contributed by atoms with van der Waals surface area (Å²) in [4.78, 5) is 16.7. The van der Waals surface area contributed by atoms with E-state index < -0.39 is 5.97 Å². The molecule has 0 saturated heterocycles. The van der Waals surface area contributed by atoms with Gasteiger partial charge >= 0.3 is 5.97 Å². The Kier molecular flexibility index (Phi) is 7.02. The lowest BCUT2D eigenvalue weighted by Crippen LogP contribution is -2.06. The van der Waals surface area contributed by atoms with Crippen LogP contribution in [0.2, 0.25) is 10.0 Å². The number of hydrogen-bond donors (Lipinski definition) is 0. The highest BCUT2D eigenvalue weighted by Gasteiger charge is 2.26. The van der Waals surface area contributed by atoms with Gasteiger partial charge in [0.1, 0.15) is 6.61 Å². The minimum absolute atomic E-state index is 0.135. The monoisotopic (exact) mass is 481 g/mol. The van der Waals surface area contributed by atoms with Crippen molar-refractivity contribution in [1.29, 1.82) is 0 Å². The third-order valence-electron chi connectivity index (χ3n) is 5.00. The first-order valence-corrected chi connectivity index (χ1v) is 11.1.